The molecule has 3 aromatic heterocycles. The van der Waals surface area contributed by atoms with Gasteiger partial charge in [-0.25, -0.2) is 4.98 Å². The molecule has 0 bridgehead atoms. The SMILES string of the molecule is O=C(Nc1ncccc1OCc1ccncc1)c1nn(-c2ccccc2)c(=O)c2ccccc12. The smallest absolute Gasteiger partial charge is 0.279 e. The minimum atomic E-state index is -0.506. The Morgan fingerprint density at radius 3 is 2.38 bits per heavy atom. The molecule has 1 N–H and O–H groups in total. The number of carbonyl (C=O) groups is 1. The van der Waals surface area contributed by atoms with Crippen LogP contribution in [0.15, 0.2) is 102 Å². The van der Waals surface area contributed by atoms with Crippen LogP contribution in [0.1, 0.15) is 16.1 Å². The van der Waals surface area contributed by atoms with Gasteiger partial charge in [-0.1, -0.05) is 36.4 Å². The fourth-order valence-electron chi connectivity index (χ4n) is 3.51. The Balaban J connectivity index is 1.50. The number of hydrogen-bond acceptors (Lipinski definition) is 6. The van der Waals surface area contributed by atoms with Crippen LogP contribution in [0, 0.1) is 0 Å². The van der Waals surface area contributed by atoms with E-state index in [1.165, 1.54) is 4.68 Å². The number of rotatable bonds is 6. The van der Waals surface area contributed by atoms with E-state index in [1.807, 2.05) is 18.2 Å². The summed E-state index contributed by atoms with van der Waals surface area (Å²) in [7, 11) is 0. The van der Waals surface area contributed by atoms with E-state index >= 15 is 0 Å². The average Bonchev–Trinajstić information content (AvgIpc) is 2.89. The van der Waals surface area contributed by atoms with E-state index in [0.717, 1.165) is 5.56 Å². The molecule has 0 aliphatic heterocycles. The number of ether oxygens (including phenoxy) is 1. The number of pyridine rings is 2. The van der Waals surface area contributed by atoms with Gasteiger partial charge in [0, 0.05) is 24.0 Å². The summed E-state index contributed by atoms with van der Waals surface area (Å²) in [5, 5.41) is 8.04. The van der Waals surface area contributed by atoms with E-state index in [-0.39, 0.29) is 23.7 Å². The normalized spacial score (nSPS) is 10.7. The number of aromatic nitrogens is 4. The first kappa shape index (κ1) is 21.0. The molecule has 0 fully saturated rings. The molecule has 0 atom stereocenters. The van der Waals surface area contributed by atoms with Crippen LogP contribution in [0.25, 0.3) is 16.5 Å². The van der Waals surface area contributed by atoms with Gasteiger partial charge in [-0.3, -0.25) is 14.6 Å². The van der Waals surface area contributed by atoms with E-state index < -0.39 is 5.91 Å². The van der Waals surface area contributed by atoms with Crippen LogP contribution >= 0.6 is 0 Å². The van der Waals surface area contributed by atoms with Crippen LogP contribution in [-0.2, 0) is 6.61 Å². The van der Waals surface area contributed by atoms with Crippen molar-refractivity contribution in [3.63, 3.8) is 0 Å². The monoisotopic (exact) mass is 449 g/mol. The lowest BCUT2D eigenvalue weighted by atomic mass is 10.1. The van der Waals surface area contributed by atoms with Crippen molar-refractivity contribution in [3.8, 4) is 11.4 Å². The van der Waals surface area contributed by atoms with E-state index in [2.05, 4.69) is 20.4 Å². The summed E-state index contributed by atoms with van der Waals surface area (Å²) in [6.45, 7) is 0.289. The lowest BCUT2D eigenvalue weighted by Crippen LogP contribution is -2.26. The Morgan fingerprint density at radius 1 is 0.853 bits per heavy atom. The van der Waals surface area contributed by atoms with Gasteiger partial charge in [-0.05, 0) is 48.0 Å². The molecule has 0 unspecified atom stereocenters. The van der Waals surface area contributed by atoms with Crippen LogP contribution in [0.4, 0.5) is 5.82 Å². The van der Waals surface area contributed by atoms with Crippen molar-refractivity contribution in [2.45, 2.75) is 6.61 Å². The molecule has 5 aromatic rings. The quantitative estimate of drug-likeness (QED) is 0.421. The molecule has 0 saturated carbocycles. The first-order chi connectivity index (χ1) is 16.7. The van der Waals surface area contributed by atoms with Gasteiger partial charge in [-0.2, -0.15) is 9.78 Å². The second kappa shape index (κ2) is 9.33. The van der Waals surface area contributed by atoms with Gasteiger partial charge in [0.05, 0.1) is 11.1 Å². The molecule has 2 aromatic carbocycles. The molecular formula is C26H19N5O3. The average molecular weight is 449 g/mol. The molecule has 3 heterocycles. The highest BCUT2D eigenvalue weighted by molar-refractivity contribution is 6.11. The molecule has 1 amide bonds. The van der Waals surface area contributed by atoms with Gasteiger partial charge >= 0.3 is 0 Å². The minimum absolute atomic E-state index is 0.102. The largest absolute Gasteiger partial charge is 0.485 e. The topological polar surface area (TPSA) is 99.0 Å². The van der Waals surface area contributed by atoms with E-state index in [1.54, 1.807) is 79.3 Å². The summed E-state index contributed by atoms with van der Waals surface area (Å²) < 4.78 is 7.11. The lowest BCUT2D eigenvalue weighted by Gasteiger charge is -2.13. The molecule has 0 aliphatic rings. The number of hydrogen-bond donors (Lipinski definition) is 1. The van der Waals surface area contributed by atoms with Gasteiger partial charge in [0.1, 0.15) is 6.61 Å². The number of carbonyl (C=O) groups excluding carboxylic acids is 1. The van der Waals surface area contributed by atoms with Crippen LogP contribution in [0.3, 0.4) is 0 Å². The number of nitrogens with one attached hydrogen (secondary N) is 1. The third-order valence-electron chi connectivity index (χ3n) is 5.17. The fraction of sp³-hybridized carbons (Fsp3) is 0.0385. The van der Waals surface area contributed by atoms with E-state index in [9.17, 15) is 9.59 Å². The standard InChI is InChI=1S/C26H19N5O3/c32-25(29-24-22(11-6-14-28-24)34-17-18-12-15-27-16-13-18)23-20-9-4-5-10-21(20)26(33)31(30-23)19-7-2-1-3-8-19/h1-16H,17H2,(H,28,29,32). The van der Waals surface area contributed by atoms with Crippen LogP contribution < -0.4 is 15.6 Å². The molecule has 34 heavy (non-hydrogen) atoms. The Bertz CT molecular complexity index is 1520. The van der Waals surface area contributed by atoms with Crippen LogP contribution in [0.2, 0.25) is 0 Å². The Labute approximate surface area is 194 Å². The molecule has 0 aliphatic carbocycles. The van der Waals surface area contributed by atoms with Crippen molar-refractivity contribution in [1.82, 2.24) is 19.7 Å². The van der Waals surface area contributed by atoms with Crippen molar-refractivity contribution in [2.75, 3.05) is 5.32 Å². The number of fused-ring (bicyclic) bond motifs is 1. The van der Waals surface area contributed by atoms with Crippen LogP contribution in [0.5, 0.6) is 5.75 Å². The predicted octanol–water partition coefficient (Wildman–Crippen LogP) is 4.01. The second-order valence-electron chi connectivity index (χ2n) is 7.40. The zero-order valence-corrected chi connectivity index (χ0v) is 18.0. The summed E-state index contributed by atoms with van der Waals surface area (Å²) in [6.07, 6.45) is 4.93. The summed E-state index contributed by atoms with van der Waals surface area (Å²) in [6, 6.07) is 23.0. The first-order valence-corrected chi connectivity index (χ1v) is 10.6. The zero-order chi connectivity index (χ0) is 23.3. The van der Waals surface area contributed by atoms with Crippen molar-refractivity contribution >= 4 is 22.5 Å². The highest BCUT2D eigenvalue weighted by atomic mass is 16.5. The Kier molecular flexibility index (Phi) is 5.77. The molecule has 5 rings (SSSR count). The molecule has 8 nitrogen and oxygen atoms in total. The first-order valence-electron chi connectivity index (χ1n) is 10.6. The number of anilines is 1. The fourth-order valence-corrected chi connectivity index (χ4v) is 3.51. The second-order valence-corrected chi connectivity index (χ2v) is 7.40. The van der Waals surface area contributed by atoms with Gasteiger partial charge in [-0.15, -0.1) is 0 Å². The summed E-state index contributed by atoms with van der Waals surface area (Å²) in [5.74, 6) is 0.159. The van der Waals surface area contributed by atoms with Crippen molar-refractivity contribution in [1.29, 1.82) is 0 Å². The molecular weight excluding hydrogens is 430 g/mol. The van der Waals surface area contributed by atoms with Crippen molar-refractivity contribution in [2.24, 2.45) is 0 Å². The number of para-hydroxylation sites is 1. The highest BCUT2D eigenvalue weighted by Gasteiger charge is 2.19. The number of nitrogens with zero attached hydrogens (tertiary/aromatic N) is 4. The summed E-state index contributed by atoms with van der Waals surface area (Å²) >= 11 is 0. The lowest BCUT2D eigenvalue weighted by molar-refractivity contribution is 0.102. The molecule has 0 spiro atoms. The van der Waals surface area contributed by atoms with Gasteiger partial charge in [0.25, 0.3) is 11.5 Å². The third-order valence-corrected chi connectivity index (χ3v) is 5.17. The number of amides is 1. The van der Waals surface area contributed by atoms with Crippen molar-refractivity contribution < 1.29 is 9.53 Å². The zero-order valence-electron chi connectivity index (χ0n) is 18.0. The van der Waals surface area contributed by atoms with Gasteiger partial charge in [0.2, 0.25) is 0 Å². The van der Waals surface area contributed by atoms with Gasteiger partial charge in [0.15, 0.2) is 17.3 Å². The highest BCUT2D eigenvalue weighted by Crippen LogP contribution is 2.24. The molecule has 8 heteroatoms. The maximum atomic E-state index is 13.4. The minimum Gasteiger partial charge on any atom is -0.485 e. The summed E-state index contributed by atoms with van der Waals surface area (Å²) in [4.78, 5) is 34.7. The molecule has 166 valence electrons. The van der Waals surface area contributed by atoms with E-state index in [0.29, 0.717) is 22.2 Å². The molecule has 0 radical (unpaired) electrons. The van der Waals surface area contributed by atoms with Crippen LogP contribution in [-0.4, -0.2) is 25.7 Å². The Hall–Kier alpha value is -4.85. The number of benzene rings is 2. The van der Waals surface area contributed by atoms with Gasteiger partial charge < -0.3 is 10.1 Å². The third kappa shape index (κ3) is 4.24. The van der Waals surface area contributed by atoms with Crippen molar-refractivity contribution in [3.05, 3.63) is 119 Å². The summed E-state index contributed by atoms with van der Waals surface area (Å²) in [5.41, 5.74) is 1.28. The molecule has 0 saturated heterocycles. The maximum absolute atomic E-state index is 13.4. The van der Waals surface area contributed by atoms with E-state index in [4.69, 9.17) is 4.74 Å². The Morgan fingerprint density at radius 2 is 1.59 bits per heavy atom. The maximum Gasteiger partial charge on any atom is 0.279 e. The predicted molar refractivity (Wildman–Crippen MR) is 128 cm³/mol.